The summed E-state index contributed by atoms with van der Waals surface area (Å²) >= 11 is 0. The monoisotopic (exact) mass is 493 g/mol. The van der Waals surface area contributed by atoms with Gasteiger partial charge in [0.2, 0.25) is 5.76 Å². The molecule has 4 rings (SSSR count). The summed E-state index contributed by atoms with van der Waals surface area (Å²) in [4.78, 5) is 28.8. The predicted molar refractivity (Wildman–Crippen MR) is 139 cm³/mol. The number of hydrogen-bond acceptors (Lipinski definition) is 6. The van der Waals surface area contributed by atoms with Gasteiger partial charge in [-0.25, -0.2) is 0 Å². The van der Waals surface area contributed by atoms with E-state index in [0.29, 0.717) is 60.1 Å². The predicted octanol–water partition coefficient (Wildman–Crippen LogP) is 5.59. The van der Waals surface area contributed by atoms with Gasteiger partial charge >= 0.3 is 0 Å². The van der Waals surface area contributed by atoms with E-state index in [1.54, 1.807) is 36.3 Å². The Labute approximate surface area is 212 Å². The Bertz CT molecular complexity index is 1280. The second kappa shape index (κ2) is 11.2. The number of carbonyl (C=O) groups is 1. The lowest BCUT2D eigenvalue weighted by atomic mass is 9.98. The standard InChI is InChI=1S/C29H35NO6/c1-18(2)13-16-35-23-12-11-20(17-24(23)33-5)26-25-27(31)21-9-6-7-10-22(21)36-28(25)29(32)30(26)14-8-15-34-19(3)4/h6-7,9-12,17-19,26H,8,13-16H2,1-5H3. The first-order valence-electron chi connectivity index (χ1n) is 12.6. The lowest BCUT2D eigenvalue weighted by Crippen LogP contribution is -2.31. The molecule has 1 unspecified atom stereocenters. The van der Waals surface area contributed by atoms with E-state index in [9.17, 15) is 9.59 Å². The van der Waals surface area contributed by atoms with Crippen molar-refractivity contribution in [3.63, 3.8) is 0 Å². The highest BCUT2D eigenvalue weighted by atomic mass is 16.5. The van der Waals surface area contributed by atoms with Crippen LogP contribution in [-0.2, 0) is 4.74 Å². The summed E-state index contributed by atoms with van der Waals surface area (Å²) in [6.07, 6.45) is 1.67. The first-order chi connectivity index (χ1) is 17.3. The Kier molecular flexibility index (Phi) is 7.99. The van der Waals surface area contributed by atoms with Crippen molar-refractivity contribution in [2.75, 3.05) is 26.9 Å². The van der Waals surface area contributed by atoms with Gasteiger partial charge in [0.25, 0.3) is 5.91 Å². The third-order valence-electron chi connectivity index (χ3n) is 6.32. The summed E-state index contributed by atoms with van der Waals surface area (Å²) in [6.45, 7) is 9.76. The number of methoxy groups -OCH3 is 1. The van der Waals surface area contributed by atoms with E-state index in [-0.39, 0.29) is 23.2 Å². The van der Waals surface area contributed by atoms with E-state index in [1.807, 2.05) is 32.0 Å². The van der Waals surface area contributed by atoms with Crippen molar-refractivity contribution in [3.05, 3.63) is 69.6 Å². The van der Waals surface area contributed by atoms with E-state index >= 15 is 0 Å². The van der Waals surface area contributed by atoms with E-state index in [0.717, 1.165) is 12.0 Å². The Morgan fingerprint density at radius 1 is 1.00 bits per heavy atom. The average Bonchev–Trinajstić information content (AvgIpc) is 3.13. The van der Waals surface area contributed by atoms with Crippen LogP contribution in [0.1, 0.15) is 68.3 Å². The highest BCUT2D eigenvalue weighted by Gasteiger charge is 2.42. The van der Waals surface area contributed by atoms with Crippen molar-refractivity contribution >= 4 is 16.9 Å². The zero-order chi connectivity index (χ0) is 25.8. The number of carbonyl (C=O) groups excluding carboxylic acids is 1. The van der Waals surface area contributed by atoms with Gasteiger partial charge in [-0.1, -0.05) is 32.0 Å². The van der Waals surface area contributed by atoms with Crippen LogP contribution in [0.5, 0.6) is 11.5 Å². The Hall–Kier alpha value is -3.32. The second-order valence-corrected chi connectivity index (χ2v) is 9.79. The van der Waals surface area contributed by atoms with Crippen LogP contribution in [0.15, 0.2) is 51.7 Å². The molecule has 0 radical (unpaired) electrons. The molecular weight excluding hydrogens is 458 g/mol. The smallest absolute Gasteiger partial charge is 0.290 e. The second-order valence-electron chi connectivity index (χ2n) is 9.79. The number of nitrogens with zero attached hydrogens (tertiary/aromatic N) is 1. The fourth-order valence-corrected chi connectivity index (χ4v) is 4.48. The Morgan fingerprint density at radius 3 is 2.50 bits per heavy atom. The van der Waals surface area contributed by atoms with Crippen LogP contribution in [0.2, 0.25) is 0 Å². The molecule has 0 saturated carbocycles. The minimum absolute atomic E-state index is 0.102. The van der Waals surface area contributed by atoms with Crippen molar-refractivity contribution in [1.82, 2.24) is 4.90 Å². The number of ether oxygens (including phenoxy) is 3. The molecule has 1 aliphatic heterocycles. The third kappa shape index (κ3) is 5.26. The van der Waals surface area contributed by atoms with Crippen molar-refractivity contribution in [3.8, 4) is 11.5 Å². The van der Waals surface area contributed by atoms with Crippen LogP contribution < -0.4 is 14.9 Å². The quantitative estimate of drug-likeness (QED) is 0.324. The number of rotatable bonds is 11. The first kappa shape index (κ1) is 25.8. The van der Waals surface area contributed by atoms with E-state index in [1.165, 1.54) is 0 Å². The molecule has 7 nitrogen and oxygen atoms in total. The Balaban J connectivity index is 1.74. The topological polar surface area (TPSA) is 78.2 Å². The maximum Gasteiger partial charge on any atom is 0.290 e. The van der Waals surface area contributed by atoms with Crippen LogP contribution >= 0.6 is 0 Å². The largest absolute Gasteiger partial charge is 0.493 e. The number of amides is 1. The van der Waals surface area contributed by atoms with Gasteiger partial charge < -0.3 is 23.5 Å². The number of para-hydroxylation sites is 1. The summed E-state index contributed by atoms with van der Waals surface area (Å²) in [5.74, 6) is 1.53. The average molecular weight is 494 g/mol. The molecule has 2 heterocycles. The molecule has 0 N–H and O–H groups in total. The number of benzene rings is 2. The van der Waals surface area contributed by atoms with Gasteiger partial charge in [0.05, 0.1) is 36.8 Å². The molecule has 3 aromatic rings. The molecule has 0 fully saturated rings. The number of fused-ring (bicyclic) bond motifs is 2. The fourth-order valence-electron chi connectivity index (χ4n) is 4.48. The minimum Gasteiger partial charge on any atom is -0.493 e. The maximum atomic E-state index is 13.6. The SMILES string of the molecule is COc1cc(C2c3c(oc4ccccc4c3=O)C(=O)N2CCCOC(C)C)ccc1OCCC(C)C. The van der Waals surface area contributed by atoms with Crippen LogP contribution in [0.25, 0.3) is 11.0 Å². The summed E-state index contributed by atoms with van der Waals surface area (Å²) in [5, 5.41) is 0.458. The van der Waals surface area contributed by atoms with Crippen molar-refractivity contribution < 1.29 is 23.4 Å². The molecule has 0 bridgehead atoms. The van der Waals surface area contributed by atoms with Gasteiger partial charge in [-0.3, -0.25) is 9.59 Å². The van der Waals surface area contributed by atoms with Gasteiger partial charge in [-0.2, -0.15) is 0 Å². The lowest BCUT2D eigenvalue weighted by molar-refractivity contribution is 0.0593. The van der Waals surface area contributed by atoms with E-state index < -0.39 is 6.04 Å². The molecule has 36 heavy (non-hydrogen) atoms. The lowest BCUT2D eigenvalue weighted by Gasteiger charge is -2.26. The first-order valence-corrected chi connectivity index (χ1v) is 12.6. The Morgan fingerprint density at radius 2 is 1.78 bits per heavy atom. The maximum absolute atomic E-state index is 13.6. The van der Waals surface area contributed by atoms with Crippen LogP contribution in [0.3, 0.4) is 0 Å². The summed E-state index contributed by atoms with van der Waals surface area (Å²) in [7, 11) is 1.59. The highest BCUT2D eigenvalue weighted by Crippen LogP contribution is 2.41. The van der Waals surface area contributed by atoms with Gasteiger partial charge in [0, 0.05) is 13.2 Å². The molecule has 7 heteroatoms. The molecule has 1 aliphatic rings. The minimum atomic E-state index is -0.592. The van der Waals surface area contributed by atoms with E-state index in [2.05, 4.69) is 13.8 Å². The molecule has 0 aliphatic carbocycles. The van der Waals surface area contributed by atoms with Crippen LogP contribution in [0.4, 0.5) is 0 Å². The zero-order valence-corrected chi connectivity index (χ0v) is 21.7. The molecular formula is C29H35NO6. The van der Waals surface area contributed by atoms with E-state index in [4.69, 9.17) is 18.6 Å². The van der Waals surface area contributed by atoms with Gasteiger partial charge in [0.1, 0.15) is 5.58 Å². The van der Waals surface area contributed by atoms with Gasteiger partial charge in [-0.15, -0.1) is 0 Å². The molecule has 1 atom stereocenters. The highest BCUT2D eigenvalue weighted by molar-refractivity contribution is 5.99. The molecule has 1 aromatic heterocycles. The van der Waals surface area contributed by atoms with Crippen molar-refractivity contribution in [1.29, 1.82) is 0 Å². The zero-order valence-electron chi connectivity index (χ0n) is 21.7. The summed E-state index contributed by atoms with van der Waals surface area (Å²) < 4.78 is 23.3. The van der Waals surface area contributed by atoms with Crippen LogP contribution in [0, 0.1) is 5.92 Å². The summed E-state index contributed by atoms with van der Waals surface area (Å²) in [5.41, 5.74) is 1.34. The molecule has 1 amide bonds. The molecule has 0 spiro atoms. The fraction of sp³-hybridized carbons (Fsp3) is 0.448. The number of hydrogen-bond donors (Lipinski definition) is 0. The molecule has 2 aromatic carbocycles. The van der Waals surface area contributed by atoms with Crippen molar-refractivity contribution in [2.24, 2.45) is 5.92 Å². The van der Waals surface area contributed by atoms with Crippen LogP contribution in [-0.4, -0.2) is 43.8 Å². The molecule has 0 saturated heterocycles. The normalized spacial score (nSPS) is 15.2. The third-order valence-corrected chi connectivity index (χ3v) is 6.32. The van der Waals surface area contributed by atoms with Crippen molar-refractivity contribution in [2.45, 2.75) is 52.7 Å². The van der Waals surface area contributed by atoms with Gasteiger partial charge in [-0.05, 0) is 62.4 Å². The summed E-state index contributed by atoms with van der Waals surface area (Å²) in [6, 6.07) is 12.0. The molecule has 192 valence electrons. The van der Waals surface area contributed by atoms with Gasteiger partial charge in [0.15, 0.2) is 16.9 Å².